The number of hydrogen-bond donors (Lipinski definition) is 1. The van der Waals surface area contributed by atoms with Crippen LogP contribution in [0.2, 0.25) is 0 Å². The molecule has 1 aliphatic heterocycles. The minimum absolute atomic E-state index is 0.173. The van der Waals surface area contributed by atoms with E-state index in [2.05, 4.69) is 5.32 Å². The van der Waals surface area contributed by atoms with Crippen LogP contribution in [0.15, 0.2) is 47.4 Å². The smallest absolute Gasteiger partial charge is 0.243 e. The van der Waals surface area contributed by atoms with E-state index in [-0.39, 0.29) is 17.2 Å². The molecule has 2 aromatic rings. The van der Waals surface area contributed by atoms with Gasteiger partial charge in [0.2, 0.25) is 15.9 Å². The topological polar surface area (TPSA) is 75.7 Å². The van der Waals surface area contributed by atoms with Gasteiger partial charge in [0.05, 0.1) is 24.5 Å². The maximum Gasteiger partial charge on any atom is 0.243 e. The molecule has 144 valence electrons. The van der Waals surface area contributed by atoms with E-state index in [1.165, 1.54) is 10.4 Å². The van der Waals surface area contributed by atoms with E-state index in [4.69, 9.17) is 4.74 Å². The molecular weight excluding hydrogens is 364 g/mol. The summed E-state index contributed by atoms with van der Waals surface area (Å²) in [7, 11) is -3.60. The molecule has 7 heteroatoms. The van der Waals surface area contributed by atoms with Gasteiger partial charge in [-0.2, -0.15) is 4.31 Å². The van der Waals surface area contributed by atoms with E-state index < -0.39 is 10.0 Å². The van der Waals surface area contributed by atoms with Crippen molar-refractivity contribution < 1.29 is 17.9 Å². The number of nitrogens with one attached hydrogen (secondary N) is 1. The van der Waals surface area contributed by atoms with Crippen LogP contribution in [0.4, 0.5) is 5.69 Å². The number of nitrogens with zero attached hydrogens (tertiary/aromatic N) is 1. The summed E-state index contributed by atoms with van der Waals surface area (Å²) in [5.74, 6) is -0.173. The molecule has 1 saturated heterocycles. The molecule has 2 aromatic carbocycles. The van der Waals surface area contributed by atoms with Crippen LogP contribution in [0.1, 0.15) is 16.7 Å². The van der Waals surface area contributed by atoms with Crippen LogP contribution >= 0.6 is 0 Å². The van der Waals surface area contributed by atoms with E-state index in [1.54, 1.807) is 12.1 Å². The predicted molar refractivity (Wildman–Crippen MR) is 104 cm³/mol. The van der Waals surface area contributed by atoms with Crippen molar-refractivity contribution in [3.63, 3.8) is 0 Å². The summed E-state index contributed by atoms with van der Waals surface area (Å²) in [5.41, 5.74) is 3.33. The minimum atomic E-state index is -3.60. The average Bonchev–Trinajstić information content (AvgIpc) is 2.66. The third-order valence-corrected chi connectivity index (χ3v) is 6.60. The highest BCUT2D eigenvalue weighted by atomic mass is 32.2. The number of hydrogen-bond acceptors (Lipinski definition) is 4. The molecule has 0 atom stereocenters. The SMILES string of the molecule is Cc1ccccc1CC(=O)Nc1cc(S(=O)(=O)N2CCOCC2)ccc1C. The van der Waals surface area contributed by atoms with Gasteiger partial charge < -0.3 is 10.1 Å². The molecule has 1 fully saturated rings. The molecule has 1 amide bonds. The summed E-state index contributed by atoms with van der Waals surface area (Å²) < 4.78 is 32.3. The van der Waals surface area contributed by atoms with Gasteiger partial charge in [-0.05, 0) is 42.7 Å². The van der Waals surface area contributed by atoms with Crippen LogP contribution in [0.5, 0.6) is 0 Å². The lowest BCUT2D eigenvalue weighted by Crippen LogP contribution is -2.40. The van der Waals surface area contributed by atoms with Gasteiger partial charge in [0.15, 0.2) is 0 Å². The monoisotopic (exact) mass is 388 g/mol. The number of rotatable bonds is 5. The van der Waals surface area contributed by atoms with Crippen LogP contribution in [0.3, 0.4) is 0 Å². The maximum atomic E-state index is 12.8. The maximum absolute atomic E-state index is 12.8. The third kappa shape index (κ3) is 4.55. The van der Waals surface area contributed by atoms with Crippen molar-refractivity contribution in [3.05, 3.63) is 59.2 Å². The summed E-state index contributed by atoms with van der Waals surface area (Å²) in [6.45, 7) is 5.27. The number of anilines is 1. The number of carbonyl (C=O) groups is 1. The molecule has 0 saturated carbocycles. The molecule has 6 nitrogen and oxygen atoms in total. The summed E-state index contributed by atoms with van der Waals surface area (Å²) in [6, 6.07) is 12.5. The molecule has 1 aliphatic rings. The molecule has 3 rings (SSSR count). The Labute approximate surface area is 160 Å². The van der Waals surface area contributed by atoms with Gasteiger partial charge >= 0.3 is 0 Å². The first-order valence-electron chi connectivity index (χ1n) is 8.91. The Bertz CT molecular complexity index is 935. The molecule has 0 aliphatic carbocycles. The Balaban J connectivity index is 1.79. The Hall–Kier alpha value is -2.22. The van der Waals surface area contributed by atoms with E-state index in [1.807, 2.05) is 38.1 Å². The largest absolute Gasteiger partial charge is 0.379 e. The highest BCUT2D eigenvalue weighted by Gasteiger charge is 2.26. The molecule has 1 N–H and O–H groups in total. The highest BCUT2D eigenvalue weighted by Crippen LogP contribution is 2.24. The summed E-state index contributed by atoms with van der Waals surface area (Å²) in [4.78, 5) is 12.6. The third-order valence-electron chi connectivity index (χ3n) is 4.70. The van der Waals surface area contributed by atoms with Crippen LogP contribution in [0.25, 0.3) is 0 Å². The van der Waals surface area contributed by atoms with E-state index in [0.29, 0.717) is 32.0 Å². The van der Waals surface area contributed by atoms with E-state index in [9.17, 15) is 13.2 Å². The average molecular weight is 388 g/mol. The predicted octanol–water partition coefficient (Wildman–Crippen LogP) is 2.51. The molecule has 0 radical (unpaired) electrons. The van der Waals surface area contributed by atoms with E-state index >= 15 is 0 Å². The van der Waals surface area contributed by atoms with Gasteiger partial charge in [-0.25, -0.2) is 8.42 Å². The van der Waals surface area contributed by atoms with Crippen LogP contribution in [-0.4, -0.2) is 44.9 Å². The molecule has 0 unspecified atom stereocenters. The zero-order valence-corrected chi connectivity index (χ0v) is 16.4. The second-order valence-corrected chi connectivity index (χ2v) is 8.58. The molecule has 0 spiro atoms. The fraction of sp³-hybridized carbons (Fsp3) is 0.350. The van der Waals surface area contributed by atoms with Crippen LogP contribution in [0, 0.1) is 13.8 Å². The first kappa shape index (κ1) is 19.5. The lowest BCUT2D eigenvalue weighted by Gasteiger charge is -2.26. The van der Waals surface area contributed by atoms with Gasteiger partial charge in [-0.3, -0.25) is 4.79 Å². The quantitative estimate of drug-likeness (QED) is 0.854. The first-order chi connectivity index (χ1) is 12.9. The van der Waals surface area contributed by atoms with Gasteiger partial charge in [0.25, 0.3) is 0 Å². The van der Waals surface area contributed by atoms with E-state index in [0.717, 1.165) is 16.7 Å². The first-order valence-corrected chi connectivity index (χ1v) is 10.3. The van der Waals surface area contributed by atoms with Crippen molar-refractivity contribution in [2.45, 2.75) is 25.2 Å². The van der Waals surface area contributed by atoms with Gasteiger partial charge in [-0.1, -0.05) is 30.3 Å². The van der Waals surface area contributed by atoms with Crippen molar-refractivity contribution >= 4 is 21.6 Å². The Morgan fingerprint density at radius 3 is 2.48 bits per heavy atom. The summed E-state index contributed by atoms with van der Waals surface area (Å²) in [5, 5.41) is 2.85. The number of morpholine rings is 1. The number of benzene rings is 2. The Morgan fingerprint density at radius 2 is 1.78 bits per heavy atom. The molecule has 0 bridgehead atoms. The lowest BCUT2D eigenvalue weighted by atomic mass is 10.1. The second kappa shape index (κ2) is 8.21. The van der Waals surface area contributed by atoms with Gasteiger partial charge in [0, 0.05) is 18.8 Å². The van der Waals surface area contributed by atoms with Crippen molar-refractivity contribution in [2.24, 2.45) is 0 Å². The number of carbonyl (C=O) groups excluding carboxylic acids is 1. The minimum Gasteiger partial charge on any atom is -0.379 e. The highest BCUT2D eigenvalue weighted by molar-refractivity contribution is 7.89. The Kier molecular flexibility index (Phi) is 5.94. The Morgan fingerprint density at radius 1 is 1.07 bits per heavy atom. The summed E-state index contributed by atoms with van der Waals surface area (Å²) in [6.07, 6.45) is 0.243. The number of amides is 1. The fourth-order valence-corrected chi connectivity index (χ4v) is 4.44. The molecule has 27 heavy (non-hydrogen) atoms. The summed E-state index contributed by atoms with van der Waals surface area (Å²) >= 11 is 0. The van der Waals surface area contributed by atoms with Crippen molar-refractivity contribution in [1.29, 1.82) is 0 Å². The molecule has 0 aromatic heterocycles. The second-order valence-electron chi connectivity index (χ2n) is 6.64. The number of ether oxygens (including phenoxy) is 1. The normalized spacial score (nSPS) is 15.5. The van der Waals surface area contributed by atoms with Crippen molar-refractivity contribution in [3.8, 4) is 0 Å². The molecular formula is C20H24N2O4S. The van der Waals surface area contributed by atoms with Gasteiger partial charge in [0.1, 0.15) is 0 Å². The van der Waals surface area contributed by atoms with Gasteiger partial charge in [-0.15, -0.1) is 0 Å². The number of aryl methyl sites for hydroxylation is 2. The van der Waals surface area contributed by atoms with Crippen LogP contribution in [-0.2, 0) is 26.0 Å². The van der Waals surface area contributed by atoms with Crippen molar-refractivity contribution in [2.75, 3.05) is 31.6 Å². The zero-order valence-electron chi connectivity index (χ0n) is 15.6. The lowest BCUT2D eigenvalue weighted by molar-refractivity contribution is -0.115. The zero-order chi connectivity index (χ0) is 19.4. The molecule has 1 heterocycles. The fourth-order valence-electron chi connectivity index (χ4n) is 3.01. The number of sulfonamides is 1. The van der Waals surface area contributed by atoms with Crippen molar-refractivity contribution in [1.82, 2.24) is 4.31 Å². The van der Waals surface area contributed by atoms with Crippen LogP contribution < -0.4 is 5.32 Å². The standard InChI is InChI=1S/C20H24N2O4S/c1-15-5-3-4-6-17(15)13-20(23)21-19-14-18(8-7-16(19)2)27(24,25)22-9-11-26-12-10-22/h3-8,14H,9-13H2,1-2H3,(H,21,23).